The zero-order valence-electron chi connectivity index (χ0n) is 13.9. The lowest BCUT2D eigenvalue weighted by atomic mass is 9.95. The first-order chi connectivity index (χ1) is 11.1. The van der Waals surface area contributed by atoms with E-state index in [2.05, 4.69) is 22.0 Å². The Morgan fingerprint density at radius 3 is 2.65 bits per heavy atom. The molecule has 23 heavy (non-hydrogen) atoms. The van der Waals surface area contributed by atoms with Gasteiger partial charge in [0, 0.05) is 45.3 Å². The van der Waals surface area contributed by atoms with Gasteiger partial charge in [-0.1, -0.05) is 13.0 Å². The standard InChI is InChI=1S/C18H27F2N3/c1-14-3-2-8-23(12-14)18(13-22-9-6-21-7-10-22)15-4-5-16(19)17(20)11-15/h4-5,11,14,18,21H,2-3,6-10,12-13H2,1H3. The summed E-state index contributed by atoms with van der Waals surface area (Å²) < 4.78 is 27.1. The van der Waals surface area contributed by atoms with Crippen LogP contribution in [0.4, 0.5) is 8.78 Å². The molecule has 2 fully saturated rings. The minimum atomic E-state index is -0.762. The second-order valence-electron chi connectivity index (χ2n) is 6.98. The average Bonchev–Trinajstić information content (AvgIpc) is 2.56. The number of piperidine rings is 1. The molecule has 5 heteroatoms. The maximum Gasteiger partial charge on any atom is 0.159 e. The minimum absolute atomic E-state index is 0.144. The zero-order chi connectivity index (χ0) is 16.2. The molecule has 0 amide bonds. The molecule has 2 saturated heterocycles. The van der Waals surface area contributed by atoms with E-state index in [1.807, 2.05) is 0 Å². The molecule has 0 bridgehead atoms. The van der Waals surface area contributed by atoms with E-state index in [-0.39, 0.29) is 6.04 Å². The van der Waals surface area contributed by atoms with Crippen molar-refractivity contribution in [3.05, 3.63) is 35.4 Å². The van der Waals surface area contributed by atoms with Gasteiger partial charge >= 0.3 is 0 Å². The molecule has 2 heterocycles. The molecule has 0 spiro atoms. The molecule has 0 aromatic heterocycles. The fourth-order valence-corrected chi connectivity index (χ4v) is 3.80. The molecule has 128 valence electrons. The molecular weight excluding hydrogens is 296 g/mol. The number of halogens is 2. The molecule has 0 radical (unpaired) electrons. The van der Waals surface area contributed by atoms with Crippen LogP contribution in [0.15, 0.2) is 18.2 Å². The highest BCUT2D eigenvalue weighted by molar-refractivity contribution is 5.22. The maximum absolute atomic E-state index is 13.7. The van der Waals surface area contributed by atoms with Gasteiger partial charge in [-0.3, -0.25) is 9.80 Å². The first kappa shape index (κ1) is 16.8. The van der Waals surface area contributed by atoms with E-state index in [9.17, 15) is 8.78 Å². The predicted octanol–water partition coefficient (Wildman–Crippen LogP) is 2.64. The third kappa shape index (κ3) is 4.28. The summed E-state index contributed by atoms with van der Waals surface area (Å²) >= 11 is 0. The summed E-state index contributed by atoms with van der Waals surface area (Å²) in [5.74, 6) is -0.834. The molecule has 1 aromatic rings. The minimum Gasteiger partial charge on any atom is -0.314 e. The van der Waals surface area contributed by atoms with E-state index in [0.29, 0.717) is 5.92 Å². The number of hydrogen-bond acceptors (Lipinski definition) is 3. The Hall–Kier alpha value is -1.04. The number of rotatable bonds is 4. The topological polar surface area (TPSA) is 18.5 Å². The van der Waals surface area contributed by atoms with Gasteiger partial charge in [-0.25, -0.2) is 8.78 Å². The number of hydrogen-bond donors (Lipinski definition) is 1. The largest absolute Gasteiger partial charge is 0.314 e. The molecule has 1 aromatic carbocycles. The molecule has 2 aliphatic rings. The third-order valence-electron chi connectivity index (χ3n) is 5.10. The molecular formula is C18H27F2N3. The van der Waals surface area contributed by atoms with Gasteiger partial charge in [0.1, 0.15) is 0 Å². The summed E-state index contributed by atoms with van der Waals surface area (Å²) in [6.45, 7) is 9.28. The Kier molecular flexibility index (Phi) is 5.62. The highest BCUT2D eigenvalue weighted by atomic mass is 19.2. The van der Waals surface area contributed by atoms with Gasteiger partial charge in [-0.15, -0.1) is 0 Å². The summed E-state index contributed by atoms with van der Waals surface area (Å²) in [7, 11) is 0. The number of nitrogens with one attached hydrogen (secondary N) is 1. The van der Waals surface area contributed by atoms with E-state index in [1.54, 1.807) is 6.07 Å². The number of benzene rings is 1. The first-order valence-electron chi connectivity index (χ1n) is 8.75. The Morgan fingerprint density at radius 2 is 1.96 bits per heavy atom. The van der Waals surface area contributed by atoms with Crippen molar-refractivity contribution in [1.82, 2.24) is 15.1 Å². The lowest BCUT2D eigenvalue weighted by molar-refractivity contribution is 0.0910. The fourth-order valence-electron chi connectivity index (χ4n) is 3.80. The SMILES string of the molecule is CC1CCCN(C(CN2CCNCC2)c2ccc(F)c(F)c2)C1. The molecule has 2 atom stereocenters. The van der Waals surface area contributed by atoms with Crippen molar-refractivity contribution >= 4 is 0 Å². The molecule has 0 aliphatic carbocycles. The van der Waals surface area contributed by atoms with Crippen molar-refractivity contribution in [2.75, 3.05) is 45.8 Å². The molecule has 2 aliphatic heterocycles. The van der Waals surface area contributed by atoms with Gasteiger partial charge < -0.3 is 5.32 Å². The van der Waals surface area contributed by atoms with Crippen molar-refractivity contribution in [3.8, 4) is 0 Å². The van der Waals surface area contributed by atoms with Crippen LogP contribution in [0, 0.1) is 17.6 Å². The van der Waals surface area contributed by atoms with Gasteiger partial charge in [0.05, 0.1) is 0 Å². The van der Waals surface area contributed by atoms with Crippen LogP contribution in [0.5, 0.6) is 0 Å². The van der Waals surface area contributed by atoms with E-state index in [1.165, 1.54) is 25.0 Å². The highest BCUT2D eigenvalue weighted by Crippen LogP contribution is 2.28. The van der Waals surface area contributed by atoms with Crippen LogP contribution >= 0.6 is 0 Å². The van der Waals surface area contributed by atoms with Crippen LogP contribution < -0.4 is 5.32 Å². The summed E-state index contributed by atoms with van der Waals surface area (Å²) in [4.78, 5) is 4.89. The molecule has 3 rings (SSSR count). The van der Waals surface area contributed by atoms with Gasteiger partial charge in [0.2, 0.25) is 0 Å². The second kappa shape index (κ2) is 7.69. The van der Waals surface area contributed by atoms with Crippen LogP contribution in [0.1, 0.15) is 31.4 Å². The van der Waals surface area contributed by atoms with Crippen molar-refractivity contribution in [1.29, 1.82) is 0 Å². The Labute approximate surface area is 137 Å². The number of nitrogens with zero attached hydrogens (tertiary/aromatic N) is 2. The Balaban J connectivity index is 1.80. The Morgan fingerprint density at radius 1 is 1.17 bits per heavy atom. The summed E-state index contributed by atoms with van der Waals surface area (Å²) in [6.07, 6.45) is 2.44. The van der Waals surface area contributed by atoms with Crippen LogP contribution in [-0.4, -0.2) is 55.6 Å². The monoisotopic (exact) mass is 323 g/mol. The van der Waals surface area contributed by atoms with E-state index in [4.69, 9.17) is 0 Å². The predicted molar refractivity (Wildman–Crippen MR) is 88.4 cm³/mol. The van der Waals surface area contributed by atoms with Crippen LogP contribution in [-0.2, 0) is 0 Å². The number of piperazine rings is 1. The smallest absolute Gasteiger partial charge is 0.159 e. The van der Waals surface area contributed by atoms with E-state index >= 15 is 0 Å². The lowest BCUT2D eigenvalue weighted by Crippen LogP contribution is -2.48. The fraction of sp³-hybridized carbons (Fsp3) is 0.667. The number of likely N-dealkylation sites (tertiary alicyclic amines) is 1. The van der Waals surface area contributed by atoms with E-state index < -0.39 is 11.6 Å². The van der Waals surface area contributed by atoms with Crippen LogP contribution in [0.3, 0.4) is 0 Å². The molecule has 3 nitrogen and oxygen atoms in total. The molecule has 2 unspecified atom stereocenters. The molecule has 0 saturated carbocycles. The van der Waals surface area contributed by atoms with Crippen molar-refractivity contribution in [2.24, 2.45) is 5.92 Å². The summed E-state index contributed by atoms with van der Waals surface area (Å²) in [6, 6.07) is 4.56. The van der Waals surface area contributed by atoms with Gasteiger partial charge in [-0.05, 0) is 43.0 Å². The average molecular weight is 323 g/mol. The van der Waals surface area contributed by atoms with Gasteiger partial charge in [0.25, 0.3) is 0 Å². The van der Waals surface area contributed by atoms with Crippen LogP contribution in [0.25, 0.3) is 0 Å². The first-order valence-corrected chi connectivity index (χ1v) is 8.75. The molecule has 1 N–H and O–H groups in total. The highest BCUT2D eigenvalue weighted by Gasteiger charge is 2.28. The van der Waals surface area contributed by atoms with Crippen LogP contribution in [0.2, 0.25) is 0 Å². The summed E-state index contributed by atoms with van der Waals surface area (Å²) in [5.41, 5.74) is 0.900. The van der Waals surface area contributed by atoms with Gasteiger partial charge in [0.15, 0.2) is 11.6 Å². The van der Waals surface area contributed by atoms with Gasteiger partial charge in [-0.2, -0.15) is 0 Å². The van der Waals surface area contributed by atoms with E-state index in [0.717, 1.165) is 51.4 Å². The lowest BCUT2D eigenvalue weighted by Gasteiger charge is -2.40. The van der Waals surface area contributed by atoms with Crippen molar-refractivity contribution in [3.63, 3.8) is 0 Å². The normalized spacial score (nSPS) is 25.4. The summed E-state index contributed by atoms with van der Waals surface area (Å²) in [5, 5.41) is 3.37. The van der Waals surface area contributed by atoms with Crippen molar-refractivity contribution in [2.45, 2.75) is 25.8 Å². The maximum atomic E-state index is 13.7. The quantitative estimate of drug-likeness (QED) is 0.919. The zero-order valence-corrected chi connectivity index (χ0v) is 13.9. The second-order valence-corrected chi connectivity index (χ2v) is 6.98. The van der Waals surface area contributed by atoms with Crippen molar-refractivity contribution < 1.29 is 8.78 Å². The Bertz CT molecular complexity index is 517. The third-order valence-corrected chi connectivity index (χ3v) is 5.10.